The summed E-state index contributed by atoms with van der Waals surface area (Å²) >= 11 is 0. The number of hydrogen-bond acceptors (Lipinski definition) is 5. The van der Waals surface area contributed by atoms with Crippen LogP contribution < -0.4 is 0 Å². The fourth-order valence-corrected chi connectivity index (χ4v) is 9.54. The van der Waals surface area contributed by atoms with Gasteiger partial charge in [-0.15, -0.1) is 0 Å². The molecule has 6 heteroatoms. The van der Waals surface area contributed by atoms with E-state index in [-0.39, 0.29) is 11.8 Å². The zero-order valence-electron chi connectivity index (χ0n) is 34.5. The number of rotatable bonds is 7. The molecule has 2 bridgehead atoms. The van der Waals surface area contributed by atoms with Crippen LogP contribution in [0.15, 0.2) is 207 Å². The van der Waals surface area contributed by atoms with Gasteiger partial charge >= 0.3 is 0 Å². The molecular formula is C58H36N6. The summed E-state index contributed by atoms with van der Waals surface area (Å²) in [5, 5.41) is 0. The highest BCUT2D eigenvalue weighted by Crippen LogP contribution is 2.56. The molecule has 3 aliphatic carbocycles. The Morgan fingerprint density at radius 3 is 1.36 bits per heavy atom. The van der Waals surface area contributed by atoms with E-state index in [1.165, 1.54) is 38.9 Å². The maximum Gasteiger partial charge on any atom is 0.187 e. The standard InChI is InChI=1S/C58H36N6/c1-59-45-27-23-37(24-28-45)41-15-10-16-44(31-41)58-63-56(39-13-6-3-7-14-39)62-57(64-58)40-21-19-36(20-22-40)42-25-29-48-50(32-42)54-46-17-8-9-18-47(46)55(48)51-33-43(26-30-49(51)54)53-35-60-34-52(61-53)38-11-4-2-5-12-38/h2-35,54-55H. The fraction of sp³-hybridized carbons (Fsp3) is 0.0345. The van der Waals surface area contributed by atoms with E-state index in [2.05, 4.69) is 119 Å². The van der Waals surface area contributed by atoms with Gasteiger partial charge in [-0.1, -0.05) is 176 Å². The highest BCUT2D eigenvalue weighted by Gasteiger charge is 2.41. The van der Waals surface area contributed by atoms with E-state index in [9.17, 15) is 0 Å². The number of benzene rings is 8. The summed E-state index contributed by atoms with van der Waals surface area (Å²) in [7, 11) is 0. The second-order valence-electron chi connectivity index (χ2n) is 16.3. The van der Waals surface area contributed by atoms with E-state index >= 15 is 0 Å². The molecule has 2 atom stereocenters. The van der Waals surface area contributed by atoms with Gasteiger partial charge in [-0.2, -0.15) is 0 Å². The van der Waals surface area contributed by atoms with E-state index in [0.29, 0.717) is 23.2 Å². The average Bonchev–Trinajstić information content (AvgIpc) is 3.38. The van der Waals surface area contributed by atoms with Crippen molar-refractivity contribution < 1.29 is 0 Å². The molecule has 64 heavy (non-hydrogen) atoms. The molecule has 0 spiro atoms. The lowest BCUT2D eigenvalue weighted by Gasteiger charge is -2.42. The first kappa shape index (κ1) is 37.1. The molecule has 2 unspecified atom stereocenters. The first-order valence-electron chi connectivity index (χ1n) is 21.4. The lowest BCUT2D eigenvalue weighted by Crippen LogP contribution is -2.27. The summed E-state index contributed by atoms with van der Waals surface area (Å²) in [6, 6.07) is 67.6. The molecule has 10 aromatic rings. The van der Waals surface area contributed by atoms with Gasteiger partial charge in [-0.3, -0.25) is 4.98 Å². The van der Waals surface area contributed by atoms with Crippen molar-refractivity contribution in [3.63, 3.8) is 0 Å². The molecule has 0 fully saturated rings. The third-order valence-corrected chi connectivity index (χ3v) is 12.6. The van der Waals surface area contributed by atoms with Crippen molar-refractivity contribution in [1.82, 2.24) is 24.9 Å². The molecule has 3 aliphatic rings. The maximum absolute atomic E-state index is 7.34. The summed E-state index contributed by atoms with van der Waals surface area (Å²) in [4.78, 5) is 28.3. The van der Waals surface area contributed by atoms with E-state index in [4.69, 9.17) is 26.5 Å². The van der Waals surface area contributed by atoms with Crippen molar-refractivity contribution in [3.05, 3.63) is 251 Å². The van der Waals surface area contributed by atoms with Crippen LogP contribution in [0.5, 0.6) is 0 Å². The molecule has 2 aromatic heterocycles. The van der Waals surface area contributed by atoms with Crippen molar-refractivity contribution in [2.24, 2.45) is 0 Å². The Morgan fingerprint density at radius 1 is 0.312 bits per heavy atom. The molecular weight excluding hydrogens is 781 g/mol. The van der Waals surface area contributed by atoms with Crippen molar-refractivity contribution in [3.8, 4) is 78.9 Å². The van der Waals surface area contributed by atoms with Crippen LogP contribution in [0.25, 0.3) is 83.8 Å². The molecule has 0 amide bonds. The number of hydrogen-bond donors (Lipinski definition) is 0. The van der Waals surface area contributed by atoms with Gasteiger partial charge < -0.3 is 0 Å². The normalized spacial score (nSPS) is 14.2. The Hall–Kier alpha value is -8.66. The predicted molar refractivity (Wildman–Crippen MR) is 255 cm³/mol. The van der Waals surface area contributed by atoms with Gasteiger partial charge in [-0.05, 0) is 73.8 Å². The van der Waals surface area contributed by atoms with Crippen LogP contribution in [0.2, 0.25) is 0 Å². The van der Waals surface area contributed by atoms with Gasteiger partial charge in [0, 0.05) is 39.7 Å². The molecule has 8 aromatic carbocycles. The maximum atomic E-state index is 7.34. The van der Waals surface area contributed by atoms with Crippen LogP contribution in [-0.4, -0.2) is 24.9 Å². The summed E-state index contributed by atoms with van der Waals surface area (Å²) in [5.74, 6) is 2.06. The van der Waals surface area contributed by atoms with Gasteiger partial charge in [0.15, 0.2) is 23.2 Å². The Labute approximate surface area is 371 Å². The largest absolute Gasteiger partial charge is 0.260 e. The van der Waals surface area contributed by atoms with Gasteiger partial charge in [-0.25, -0.2) is 24.8 Å². The molecule has 0 saturated carbocycles. The second kappa shape index (κ2) is 15.4. The zero-order valence-corrected chi connectivity index (χ0v) is 34.5. The third-order valence-electron chi connectivity index (χ3n) is 12.6. The van der Waals surface area contributed by atoms with Crippen LogP contribution in [0.4, 0.5) is 5.69 Å². The van der Waals surface area contributed by atoms with Crippen LogP contribution in [-0.2, 0) is 0 Å². The van der Waals surface area contributed by atoms with Crippen molar-refractivity contribution >= 4 is 5.69 Å². The van der Waals surface area contributed by atoms with Crippen LogP contribution in [0, 0.1) is 6.57 Å². The highest BCUT2D eigenvalue weighted by molar-refractivity contribution is 5.78. The van der Waals surface area contributed by atoms with E-state index < -0.39 is 0 Å². The molecule has 2 heterocycles. The summed E-state index contributed by atoms with van der Waals surface area (Å²) < 4.78 is 0. The first-order valence-corrected chi connectivity index (χ1v) is 21.4. The molecule has 6 nitrogen and oxygen atoms in total. The third kappa shape index (κ3) is 6.47. The predicted octanol–water partition coefficient (Wildman–Crippen LogP) is 13.9. The minimum absolute atomic E-state index is 0.121. The number of aromatic nitrogens is 5. The summed E-state index contributed by atoms with van der Waals surface area (Å²) in [6.07, 6.45) is 3.71. The average molecular weight is 817 g/mol. The molecule has 13 rings (SSSR count). The zero-order chi connectivity index (χ0) is 42.6. The van der Waals surface area contributed by atoms with E-state index in [1.807, 2.05) is 97.3 Å². The van der Waals surface area contributed by atoms with Gasteiger partial charge in [0.25, 0.3) is 0 Å². The van der Waals surface area contributed by atoms with Crippen LogP contribution in [0.1, 0.15) is 45.2 Å². The van der Waals surface area contributed by atoms with Gasteiger partial charge in [0.2, 0.25) is 0 Å². The van der Waals surface area contributed by atoms with Crippen molar-refractivity contribution in [1.29, 1.82) is 0 Å². The molecule has 0 N–H and O–H groups in total. The lowest BCUT2D eigenvalue weighted by atomic mass is 9.60. The second-order valence-corrected chi connectivity index (χ2v) is 16.3. The minimum atomic E-state index is 0.121. The Morgan fingerprint density at radius 2 is 0.734 bits per heavy atom. The SMILES string of the molecule is [C-]#[N+]c1ccc(-c2cccc(-c3nc(-c4ccccc4)nc(-c4ccc(-c5ccc6c(c5)C5c7ccccc7C6c6cc(-c7cncc(-c8ccccc8)n7)ccc65)cc4)n3)c2)cc1. The summed E-state index contributed by atoms with van der Waals surface area (Å²) in [5.41, 5.74) is 19.7. The molecule has 298 valence electrons. The molecule has 0 aliphatic heterocycles. The van der Waals surface area contributed by atoms with E-state index in [0.717, 1.165) is 55.9 Å². The lowest BCUT2D eigenvalue weighted by molar-refractivity contribution is 0.755. The van der Waals surface area contributed by atoms with Crippen molar-refractivity contribution in [2.45, 2.75) is 11.8 Å². The van der Waals surface area contributed by atoms with Crippen LogP contribution in [0.3, 0.4) is 0 Å². The number of nitrogens with zero attached hydrogens (tertiary/aromatic N) is 6. The quantitative estimate of drug-likeness (QED) is 0.150. The fourth-order valence-electron chi connectivity index (χ4n) is 9.54. The van der Waals surface area contributed by atoms with Gasteiger partial charge in [0.1, 0.15) is 0 Å². The van der Waals surface area contributed by atoms with Crippen molar-refractivity contribution in [2.75, 3.05) is 0 Å². The topological polar surface area (TPSA) is 68.8 Å². The van der Waals surface area contributed by atoms with E-state index in [1.54, 1.807) is 0 Å². The first-order chi connectivity index (χ1) is 31.6. The smallest absolute Gasteiger partial charge is 0.187 e. The van der Waals surface area contributed by atoms with Gasteiger partial charge in [0.05, 0.1) is 30.4 Å². The molecule has 0 radical (unpaired) electrons. The Bertz CT molecular complexity index is 3450. The molecule has 0 saturated heterocycles. The summed E-state index contributed by atoms with van der Waals surface area (Å²) in [6.45, 7) is 7.34. The Balaban J connectivity index is 0.888. The minimum Gasteiger partial charge on any atom is -0.260 e. The highest BCUT2D eigenvalue weighted by atomic mass is 15.0. The van der Waals surface area contributed by atoms with Crippen LogP contribution >= 0.6 is 0 Å². The Kier molecular flexibility index (Phi) is 8.91. The monoisotopic (exact) mass is 816 g/mol.